The lowest BCUT2D eigenvalue weighted by atomic mass is 9.93. The highest BCUT2D eigenvalue weighted by Crippen LogP contribution is 2.22. The predicted octanol–water partition coefficient (Wildman–Crippen LogP) is 2.74. The van der Waals surface area contributed by atoms with Gasteiger partial charge in [-0.3, -0.25) is 4.79 Å². The summed E-state index contributed by atoms with van der Waals surface area (Å²) in [5.74, 6) is -0.500. The molecule has 0 unspecified atom stereocenters. The van der Waals surface area contributed by atoms with Gasteiger partial charge in [-0.15, -0.1) is 0 Å². The molecule has 5 heteroatoms. The van der Waals surface area contributed by atoms with Crippen molar-refractivity contribution in [3.05, 3.63) is 29.6 Å². The van der Waals surface area contributed by atoms with Gasteiger partial charge < -0.3 is 14.7 Å². The Bertz CT molecular complexity index is 507. The summed E-state index contributed by atoms with van der Waals surface area (Å²) in [6.45, 7) is 2.32. The standard InChI is InChI=1S/C17H24FNO3/c1-22-9-3-5-13-4-2-8-19(12-13)17(21)11-14-6-7-16(20)15(18)10-14/h6-7,10,13,20H,2-5,8-9,11-12H2,1H3/t13-/m1/s1. The molecule has 1 aliphatic heterocycles. The minimum Gasteiger partial charge on any atom is -0.505 e. The number of halogens is 1. The molecule has 0 spiro atoms. The van der Waals surface area contributed by atoms with Crippen molar-refractivity contribution in [1.82, 2.24) is 4.90 Å². The van der Waals surface area contributed by atoms with E-state index >= 15 is 0 Å². The Morgan fingerprint density at radius 3 is 3.05 bits per heavy atom. The maximum absolute atomic E-state index is 13.3. The van der Waals surface area contributed by atoms with Crippen LogP contribution in [0.15, 0.2) is 18.2 Å². The molecule has 0 saturated carbocycles. The Hall–Kier alpha value is -1.62. The van der Waals surface area contributed by atoms with Gasteiger partial charge in [0.2, 0.25) is 5.91 Å². The van der Waals surface area contributed by atoms with Crippen LogP contribution in [0.25, 0.3) is 0 Å². The van der Waals surface area contributed by atoms with Crippen molar-refractivity contribution in [1.29, 1.82) is 0 Å². The van der Waals surface area contributed by atoms with Crippen molar-refractivity contribution < 1.29 is 19.0 Å². The van der Waals surface area contributed by atoms with Crippen LogP contribution in [-0.4, -0.2) is 42.7 Å². The number of amides is 1. The fraction of sp³-hybridized carbons (Fsp3) is 0.588. The number of nitrogens with zero attached hydrogens (tertiary/aromatic N) is 1. The first-order valence-corrected chi connectivity index (χ1v) is 7.84. The first-order valence-electron chi connectivity index (χ1n) is 7.84. The van der Waals surface area contributed by atoms with Gasteiger partial charge in [0.1, 0.15) is 0 Å². The molecule has 1 saturated heterocycles. The van der Waals surface area contributed by atoms with Crippen molar-refractivity contribution in [2.24, 2.45) is 5.92 Å². The molecule has 0 bridgehead atoms. The van der Waals surface area contributed by atoms with Gasteiger partial charge in [-0.1, -0.05) is 6.07 Å². The summed E-state index contributed by atoms with van der Waals surface area (Å²) >= 11 is 0. The van der Waals surface area contributed by atoms with Gasteiger partial charge in [0.05, 0.1) is 6.42 Å². The lowest BCUT2D eigenvalue weighted by Crippen LogP contribution is -2.40. The largest absolute Gasteiger partial charge is 0.505 e. The highest BCUT2D eigenvalue weighted by atomic mass is 19.1. The van der Waals surface area contributed by atoms with Crippen molar-refractivity contribution in [3.8, 4) is 5.75 Å². The van der Waals surface area contributed by atoms with Crippen LogP contribution in [0.2, 0.25) is 0 Å². The number of carbonyl (C=O) groups excluding carboxylic acids is 1. The maximum atomic E-state index is 13.3. The number of aromatic hydroxyl groups is 1. The number of phenolic OH excluding ortho intramolecular Hbond substituents is 1. The fourth-order valence-electron chi connectivity index (χ4n) is 2.99. The minimum absolute atomic E-state index is 0.0292. The summed E-state index contributed by atoms with van der Waals surface area (Å²) in [7, 11) is 1.70. The van der Waals surface area contributed by atoms with Crippen molar-refractivity contribution in [3.63, 3.8) is 0 Å². The maximum Gasteiger partial charge on any atom is 0.227 e. The van der Waals surface area contributed by atoms with Crippen molar-refractivity contribution >= 4 is 5.91 Å². The smallest absolute Gasteiger partial charge is 0.227 e. The number of methoxy groups -OCH3 is 1. The number of hydrogen-bond acceptors (Lipinski definition) is 3. The number of likely N-dealkylation sites (tertiary alicyclic amines) is 1. The molecule has 1 atom stereocenters. The first-order chi connectivity index (χ1) is 10.6. The van der Waals surface area contributed by atoms with E-state index in [0.29, 0.717) is 11.5 Å². The van der Waals surface area contributed by atoms with E-state index in [-0.39, 0.29) is 18.1 Å². The zero-order valence-corrected chi connectivity index (χ0v) is 13.1. The van der Waals surface area contributed by atoms with E-state index in [1.54, 1.807) is 13.2 Å². The van der Waals surface area contributed by atoms with Crippen LogP contribution in [0.1, 0.15) is 31.2 Å². The Kier molecular flexibility index (Phi) is 6.19. The molecule has 122 valence electrons. The van der Waals surface area contributed by atoms with Crippen LogP contribution in [0.3, 0.4) is 0 Å². The zero-order valence-electron chi connectivity index (χ0n) is 13.1. The Labute approximate surface area is 130 Å². The third-order valence-electron chi connectivity index (χ3n) is 4.20. The predicted molar refractivity (Wildman–Crippen MR) is 82.2 cm³/mol. The number of rotatable bonds is 6. The molecule has 0 aromatic heterocycles. The molecule has 2 rings (SSSR count). The summed E-state index contributed by atoms with van der Waals surface area (Å²) in [6, 6.07) is 4.12. The molecular formula is C17H24FNO3. The van der Waals surface area contributed by atoms with Crippen molar-refractivity contribution in [2.75, 3.05) is 26.8 Å². The van der Waals surface area contributed by atoms with E-state index in [4.69, 9.17) is 4.74 Å². The molecule has 0 aliphatic carbocycles. The van der Waals surface area contributed by atoms with Gasteiger partial charge >= 0.3 is 0 Å². The van der Waals surface area contributed by atoms with Gasteiger partial charge in [0, 0.05) is 26.8 Å². The second-order valence-electron chi connectivity index (χ2n) is 5.95. The molecule has 1 aromatic carbocycles. The molecule has 1 aromatic rings. The van der Waals surface area contributed by atoms with E-state index in [0.717, 1.165) is 45.4 Å². The number of piperidine rings is 1. The molecular weight excluding hydrogens is 285 g/mol. The topological polar surface area (TPSA) is 49.8 Å². The molecule has 1 heterocycles. The number of hydrogen-bond donors (Lipinski definition) is 1. The molecule has 22 heavy (non-hydrogen) atoms. The second-order valence-corrected chi connectivity index (χ2v) is 5.95. The summed E-state index contributed by atoms with van der Waals surface area (Å²) in [5.41, 5.74) is 0.599. The highest BCUT2D eigenvalue weighted by molar-refractivity contribution is 5.78. The third kappa shape index (κ3) is 4.70. The van der Waals surface area contributed by atoms with Gasteiger partial charge in [-0.25, -0.2) is 4.39 Å². The molecule has 1 aliphatic rings. The summed E-state index contributed by atoms with van der Waals surface area (Å²) in [4.78, 5) is 14.2. The molecule has 1 fully saturated rings. The van der Waals surface area contributed by atoms with Crippen LogP contribution >= 0.6 is 0 Å². The van der Waals surface area contributed by atoms with Gasteiger partial charge in [-0.2, -0.15) is 0 Å². The lowest BCUT2D eigenvalue weighted by molar-refractivity contribution is -0.132. The van der Waals surface area contributed by atoms with Gasteiger partial charge in [-0.05, 0) is 49.3 Å². The minimum atomic E-state index is -0.679. The normalized spacial score (nSPS) is 18.5. The zero-order chi connectivity index (χ0) is 15.9. The Balaban J connectivity index is 1.87. The number of ether oxygens (including phenoxy) is 1. The van der Waals surface area contributed by atoms with Crippen LogP contribution in [0.5, 0.6) is 5.75 Å². The van der Waals surface area contributed by atoms with Crippen LogP contribution < -0.4 is 0 Å². The second kappa shape index (κ2) is 8.13. The lowest BCUT2D eigenvalue weighted by Gasteiger charge is -2.33. The van der Waals surface area contributed by atoms with E-state index in [2.05, 4.69) is 0 Å². The highest BCUT2D eigenvalue weighted by Gasteiger charge is 2.23. The van der Waals surface area contributed by atoms with E-state index in [1.165, 1.54) is 12.1 Å². The first kappa shape index (κ1) is 16.7. The van der Waals surface area contributed by atoms with Gasteiger partial charge in [0.15, 0.2) is 11.6 Å². The van der Waals surface area contributed by atoms with Crippen LogP contribution in [-0.2, 0) is 16.0 Å². The van der Waals surface area contributed by atoms with E-state index in [9.17, 15) is 14.3 Å². The van der Waals surface area contributed by atoms with E-state index in [1.807, 2.05) is 4.90 Å². The molecule has 1 N–H and O–H groups in total. The van der Waals surface area contributed by atoms with E-state index < -0.39 is 5.82 Å². The Morgan fingerprint density at radius 2 is 2.32 bits per heavy atom. The molecule has 4 nitrogen and oxygen atoms in total. The van der Waals surface area contributed by atoms with Gasteiger partial charge in [0.25, 0.3) is 0 Å². The average Bonchev–Trinajstić information content (AvgIpc) is 2.51. The summed E-state index contributed by atoms with van der Waals surface area (Å²) < 4.78 is 18.4. The van der Waals surface area contributed by atoms with Crippen molar-refractivity contribution in [2.45, 2.75) is 32.1 Å². The monoisotopic (exact) mass is 309 g/mol. The third-order valence-corrected chi connectivity index (χ3v) is 4.20. The quantitative estimate of drug-likeness (QED) is 0.822. The fourth-order valence-corrected chi connectivity index (χ4v) is 2.99. The molecule has 0 radical (unpaired) electrons. The van der Waals surface area contributed by atoms with Crippen LogP contribution in [0, 0.1) is 11.7 Å². The summed E-state index contributed by atoms with van der Waals surface area (Å²) in [6.07, 6.45) is 4.45. The molecule has 1 amide bonds. The Morgan fingerprint density at radius 1 is 1.50 bits per heavy atom. The number of benzene rings is 1. The summed E-state index contributed by atoms with van der Waals surface area (Å²) in [5, 5.41) is 9.18. The average molecular weight is 309 g/mol. The number of phenols is 1. The number of carbonyl (C=O) groups is 1. The SMILES string of the molecule is COCCC[C@H]1CCCN(C(=O)Cc2ccc(O)c(F)c2)C1. The van der Waals surface area contributed by atoms with Crippen LogP contribution in [0.4, 0.5) is 4.39 Å².